The molecule has 0 aliphatic carbocycles. The lowest BCUT2D eigenvalue weighted by atomic mass is 10.0. The van der Waals surface area contributed by atoms with Crippen molar-refractivity contribution in [1.29, 1.82) is 0 Å². The molecule has 0 saturated carbocycles. The molecule has 2 aromatic carbocycles. The Kier molecular flexibility index (Phi) is 5.23. The first-order valence-electron chi connectivity index (χ1n) is 9.50. The zero-order valence-electron chi connectivity index (χ0n) is 15.9. The molecular formula is C22H25N3OS. The number of fused-ring (bicyclic) bond motifs is 1. The van der Waals surface area contributed by atoms with Gasteiger partial charge in [-0.25, -0.2) is 4.98 Å². The fourth-order valence-electron chi connectivity index (χ4n) is 3.67. The molecule has 0 bridgehead atoms. The summed E-state index contributed by atoms with van der Waals surface area (Å²) in [5, 5.41) is 3.56. The third-order valence-corrected chi connectivity index (χ3v) is 6.44. The Labute approximate surface area is 164 Å². The van der Waals surface area contributed by atoms with Crippen LogP contribution in [0.1, 0.15) is 21.1 Å². The predicted octanol–water partition coefficient (Wildman–Crippen LogP) is 3.80. The van der Waals surface area contributed by atoms with E-state index < -0.39 is 0 Å². The fraction of sp³-hybridized carbons (Fsp3) is 0.364. The Morgan fingerprint density at radius 3 is 2.52 bits per heavy atom. The van der Waals surface area contributed by atoms with Crippen LogP contribution in [0, 0.1) is 13.8 Å². The number of benzene rings is 2. The highest BCUT2D eigenvalue weighted by atomic mass is 32.1. The summed E-state index contributed by atoms with van der Waals surface area (Å²) in [5.74, 6) is 0.229. The van der Waals surface area contributed by atoms with Crippen LogP contribution in [0.2, 0.25) is 0 Å². The van der Waals surface area contributed by atoms with E-state index in [4.69, 9.17) is 0 Å². The number of carbonyl (C=O) groups excluding carboxylic acids is 1. The van der Waals surface area contributed by atoms with Gasteiger partial charge in [-0.1, -0.05) is 42.5 Å². The normalized spacial score (nSPS) is 15.4. The van der Waals surface area contributed by atoms with Gasteiger partial charge in [-0.15, -0.1) is 11.3 Å². The van der Waals surface area contributed by atoms with Gasteiger partial charge in [0.2, 0.25) is 5.91 Å². The second-order valence-electron chi connectivity index (χ2n) is 7.22. The molecule has 0 spiro atoms. The first-order chi connectivity index (χ1) is 13.1. The van der Waals surface area contributed by atoms with Crippen LogP contribution in [0.4, 0.5) is 0 Å². The van der Waals surface area contributed by atoms with Crippen LogP contribution in [-0.4, -0.2) is 46.9 Å². The molecule has 0 N–H and O–H groups in total. The molecule has 4 rings (SSSR count). The van der Waals surface area contributed by atoms with Crippen LogP contribution in [0.15, 0.2) is 42.5 Å². The zero-order valence-corrected chi connectivity index (χ0v) is 16.8. The monoisotopic (exact) mass is 379 g/mol. The Morgan fingerprint density at radius 1 is 1.04 bits per heavy atom. The third-order valence-electron chi connectivity index (χ3n) is 5.38. The van der Waals surface area contributed by atoms with Crippen LogP contribution >= 0.6 is 11.3 Å². The maximum Gasteiger partial charge on any atom is 0.227 e. The van der Waals surface area contributed by atoms with E-state index >= 15 is 0 Å². The maximum absolute atomic E-state index is 12.8. The van der Waals surface area contributed by atoms with Gasteiger partial charge in [-0.2, -0.15) is 0 Å². The van der Waals surface area contributed by atoms with Crippen molar-refractivity contribution < 1.29 is 4.79 Å². The standard InChI is InChI=1S/C22H25N3OS/c1-16-17(2)27-21(23-16)15-24-10-12-25(13-11-24)22(26)14-19-8-5-7-18-6-3-4-9-20(18)19/h3-9H,10-15H2,1-2H3. The van der Waals surface area contributed by atoms with Crippen molar-refractivity contribution in [3.8, 4) is 0 Å². The number of hydrogen-bond acceptors (Lipinski definition) is 4. The average molecular weight is 380 g/mol. The second-order valence-corrected chi connectivity index (χ2v) is 8.51. The van der Waals surface area contributed by atoms with Crippen molar-refractivity contribution in [2.75, 3.05) is 26.2 Å². The molecule has 0 radical (unpaired) electrons. The summed E-state index contributed by atoms with van der Waals surface area (Å²) in [5.41, 5.74) is 2.26. The summed E-state index contributed by atoms with van der Waals surface area (Å²) in [4.78, 5) is 23.2. The van der Waals surface area contributed by atoms with Crippen LogP contribution < -0.4 is 0 Å². The molecule has 5 heteroatoms. The molecule has 0 unspecified atom stereocenters. The fourth-order valence-corrected chi connectivity index (χ4v) is 4.65. The number of nitrogens with zero attached hydrogens (tertiary/aromatic N) is 3. The smallest absolute Gasteiger partial charge is 0.227 e. The number of aromatic nitrogens is 1. The summed E-state index contributed by atoms with van der Waals surface area (Å²) >= 11 is 1.78. The molecule has 3 aromatic rings. The number of amides is 1. The molecule has 1 fully saturated rings. The van der Waals surface area contributed by atoms with Gasteiger partial charge in [0, 0.05) is 31.1 Å². The molecule has 1 aliphatic heterocycles. The van der Waals surface area contributed by atoms with Gasteiger partial charge in [-0.3, -0.25) is 9.69 Å². The Balaban J connectivity index is 1.35. The van der Waals surface area contributed by atoms with Gasteiger partial charge in [-0.05, 0) is 30.2 Å². The summed E-state index contributed by atoms with van der Waals surface area (Å²) in [7, 11) is 0. The molecule has 1 saturated heterocycles. The minimum atomic E-state index is 0.229. The molecule has 140 valence electrons. The van der Waals surface area contributed by atoms with Crippen LogP contribution in [0.25, 0.3) is 10.8 Å². The van der Waals surface area contributed by atoms with E-state index in [1.54, 1.807) is 11.3 Å². The van der Waals surface area contributed by atoms with Crippen molar-refractivity contribution in [2.45, 2.75) is 26.8 Å². The zero-order chi connectivity index (χ0) is 18.8. The minimum Gasteiger partial charge on any atom is -0.340 e. The summed E-state index contributed by atoms with van der Waals surface area (Å²) in [6.07, 6.45) is 0.478. The van der Waals surface area contributed by atoms with Gasteiger partial charge >= 0.3 is 0 Å². The largest absolute Gasteiger partial charge is 0.340 e. The topological polar surface area (TPSA) is 36.4 Å². The first-order valence-corrected chi connectivity index (χ1v) is 10.3. The lowest BCUT2D eigenvalue weighted by Gasteiger charge is -2.34. The third kappa shape index (κ3) is 4.04. The van der Waals surface area contributed by atoms with E-state index in [-0.39, 0.29) is 5.91 Å². The number of rotatable bonds is 4. The Hall–Kier alpha value is -2.24. The maximum atomic E-state index is 12.8. The minimum absolute atomic E-state index is 0.229. The molecule has 1 amide bonds. The van der Waals surface area contributed by atoms with Gasteiger partial charge in [0.15, 0.2) is 0 Å². The highest BCUT2D eigenvalue weighted by Gasteiger charge is 2.22. The second kappa shape index (κ2) is 7.79. The molecule has 27 heavy (non-hydrogen) atoms. The Bertz CT molecular complexity index is 932. The number of piperazine rings is 1. The molecule has 1 aliphatic rings. The van der Waals surface area contributed by atoms with Crippen LogP contribution in [0.3, 0.4) is 0 Å². The van der Waals surface area contributed by atoms with Crippen molar-refractivity contribution in [3.05, 3.63) is 63.6 Å². The van der Waals surface area contributed by atoms with E-state index in [9.17, 15) is 4.79 Å². The van der Waals surface area contributed by atoms with Gasteiger partial charge < -0.3 is 4.90 Å². The summed E-state index contributed by atoms with van der Waals surface area (Å²) < 4.78 is 0. The lowest BCUT2D eigenvalue weighted by Crippen LogP contribution is -2.48. The number of carbonyl (C=O) groups is 1. The Morgan fingerprint density at radius 2 is 1.78 bits per heavy atom. The van der Waals surface area contributed by atoms with Crippen molar-refractivity contribution >= 4 is 28.0 Å². The van der Waals surface area contributed by atoms with Gasteiger partial charge in [0.1, 0.15) is 5.01 Å². The SMILES string of the molecule is Cc1nc(CN2CCN(C(=O)Cc3cccc4ccccc34)CC2)sc1C. The van der Waals surface area contributed by atoms with E-state index in [1.165, 1.54) is 20.7 Å². The van der Waals surface area contributed by atoms with E-state index in [2.05, 4.69) is 48.0 Å². The molecule has 2 heterocycles. The van der Waals surface area contributed by atoms with Gasteiger partial charge in [0.05, 0.1) is 18.7 Å². The number of aryl methyl sites for hydroxylation is 2. The highest BCUT2D eigenvalue weighted by molar-refractivity contribution is 7.11. The quantitative estimate of drug-likeness (QED) is 0.692. The van der Waals surface area contributed by atoms with Crippen molar-refractivity contribution in [2.24, 2.45) is 0 Å². The highest BCUT2D eigenvalue weighted by Crippen LogP contribution is 2.21. The number of thiazole rings is 1. The molecular weight excluding hydrogens is 354 g/mol. The molecule has 1 aromatic heterocycles. The van der Waals surface area contributed by atoms with Crippen molar-refractivity contribution in [1.82, 2.24) is 14.8 Å². The van der Waals surface area contributed by atoms with Crippen LogP contribution in [-0.2, 0) is 17.8 Å². The van der Waals surface area contributed by atoms with Crippen LogP contribution in [0.5, 0.6) is 0 Å². The summed E-state index contributed by atoms with van der Waals surface area (Å²) in [6.45, 7) is 8.52. The van der Waals surface area contributed by atoms with Gasteiger partial charge in [0.25, 0.3) is 0 Å². The first kappa shape index (κ1) is 18.1. The summed E-state index contributed by atoms with van der Waals surface area (Å²) in [6, 6.07) is 14.5. The average Bonchev–Trinajstić information content (AvgIpc) is 2.99. The van der Waals surface area contributed by atoms with E-state index in [0.29, 0.717) is 6.42 Å². The van der Waals surface area contributed by atoms with Crippen molar-refractivity contribution in [3.63, 3.8) is 0 Å². The molecule has 0 atom stereocenters. The lowest BCUT2D eigenvalue weighted by molar-refractivity contribution is -0.132. The molecule has 4 nitrogen and oxygen atoms in total. The van der Waals surface area contributed by atoms with E-state index in [0.717, 1.165) is 44.0 Å². The number of hydrogen-bond donors (Lipinski definition) is 0. The predicted molar refractivity (Wildman–Crippen MR) is 111 cm³/mol. The van der Waals surface area contributed by atoms with E-state index in [1.807, 2.05) is 23.1 Å².